The first-order valence-corrected chi connectivity index (χ1v) is 4.29. The molecule has 0 aromatic carbocycles. The van der Waals surface area contributed by atoms with Crippen LogP contribution in [0.4, 0.5) is 0 Å². The van der Waals surface area contributed by atoms with Gasteiger partial charge in [-0.3, -0.25) is 4.55 Å². The summed E-state index contributed by atoms with van der Waals surface area (Å²) in [5.41, 5.74) is 0. The van der Waals surface area contributed by atoms with Gasteiger partial charge in [0.25, 0.3) is 0 Å². The molecule has 0 aliphatic rings. The van der Waals surface area contributed by atoms with Gasteiger partial charge < -0.3 is 0 Å². The molecular formula is H3BaO5PS. The summed E-state index contributed by atoms with van der Waals surface area (Å²) in [6, 6.07) is 0. The van der Waals surface area contributed by atoms with Crippen LogP contribution in [0.15, 0.2) is 0 Å². The zero-order valence-corrected chi connectivity index (χ0v) is 4.65. The standard InChI is InChI=1S/Ba.HO5PS.2H/c;1-6(2)7(3,4)5;;/h;(H,3,4,5);;. The van der Waals surface area contributed by atoms with E-state index in [4.69, 9.17) is 4.55 Å². The van der Waals surface area contributed by atoms with Gasteiger partial charge in [-0.2, -0.15) is 8.42 Å². The fourth-order valence-corrected chi connectivity index (χ4v) is 0. The number of rotatable bonds is 1. The van der Waals surface area contributed by atoms with Crippen molar-refractivity contribution < 1.29 is 22.1 Å². The molecule has 0 aromatic heterocycles. The molecule has 8 heavy (non-hydrogen) atoms. The molecule has 0 fully saturated rings. The van der Waals surface area contributed by atoms with Gasteiger partial charge in [-0.05, 0) is 0 Å². The van der Waals surface area contributed by atoms with Crippen molar-refractivity contribution in [2.75, 3.05) is 0 Å². The van der Waals surface area contributed by atoms with Crippen molar-refractivity contribution in [2.45, 2.75) is 0 Å². The van der Waals surface area contributed by atoms with Gasteiger partial charge in [0.15, 0.2) is 0 Å². The Labute approximate surface area is 86.2 Å². The van der Waals surface area contributed by atoms with E-state index in [1.165, 1.54) is 0 Å². The van der Waals surface area contributed by atoms with Gasteiger partial charge in [0.1, 0.15) is 0 Å². The van der Waals surface area contributed by atoms with Crippen LogP contribution in [-0.2, 0) is 18.9 Å². The molecule has 0 rings (SSSR count). The monoisotopic (exact) mass is 284 g/mol. The summed E-state index contributed by atoms with van der Waals surface area (Å²) in [6.45, 7) is -3.71. The molecule has 0 amide bonds. The van der Waals surface area contributed by atoms with E-state index >= 15 is 0 Å². The van der Waals surface area contributed by atoms with Crippen LogP contribution in [-0.4, -0.2) is 61.9 Å². The van der Waals surface area contributed by atoms with Gasteiger partial charge in [0.05, 0.1) is 0 Å². The molecule has 8 heteroatoms. The van der Waals surface area contributed by atoms with Crippen molar-refractivity contribution in [3.63, 3.8) is 0 Å². The number of hydrogen-bond acceptors (Lipinski definition) is 4. The first-order chi connectivity index (χ1) is 2.94. The molecule has 0 radical (unpaired) electrons. The molecule has 0 aliphatic carbocycles. The predicted octanol–water partition coefficient (Wildman–Crippen LogP) is -0.954. The van der Waals surface area contributed by atoms with Gasteiger partial charge in [-0.1, -0.05) is 0 Å². The Balaban J connectivity index is 0. The molecule has 0 aromatic rings. The molecule has 5 nitrogen and oxygen atoms in total. The SMILES string of the molecule is O=P(=O)S(=O)(=O)O.[BaH2]. The summed E-state index contributed by atoms with van der Waals surface area (Å²) in [5.74, 6) is 0. The minimum atomic E-state index is -4.79. The Morgan fingerprint density at radius 3 is 1.38 bits per heavy atom. The van der Waals surface area contributed by atoms with E-state index in [1.807, 2.05) is 0 Å². The summed E-state index contributed by atoms with van der Waals surface area (Å²) in [5, 5.41) is 0. The van der Waals surface area contributed by atoms with E-state index in [1.54, 1.807) is 0 Å². The topological polar surface area (TPSA) is 88.5 Å². The second kappa shape index (κ2) is 4.24. The van der Waals surface area contributed by atoms with Crippen LogP contribution in [0.2, 0.25) is 0 Å². The van der Waals surface area contributed by atoms with Gasteiger partial charge >= 0.3 is 65.5 Å². The van der Waals surface area contributed by atoms with E-state index in [0.29, 0.717) is 0 Å². The molecule has 0 spiro atoms. The quantitative estimate of drug-likeness (QED) is 0.381. The fraction of sp³-hybridized carbons (Fsp3) is 0. The second-order valence-corrected chi connectivity index (χ2v) is 4.29. The van der Waals surface area contributed by atoms with Crippen molar-refractivity contribution in [1.82, 2.24) is 0 Å². The Morgan fingerprint density at radius 1 is 1.25 bits per heavy atom. The maximum atomic E-state index is 9.29. The summed E-state index contributed by atoms with van der Waals surface area (Å²) >= 11 is 0. The maximum absolute atomic E-state index is 9.29. The zero-order chi connectivity index (χ0) is 6.08. The van der Waals surface area contributed by atoms with E-state index in [-0.39, 0.29) is 48.9 Å². The minimum absolute atomic E-state index is 0. The van der Waals surface area contributed by atoms with Gasteiger partial charge in [-0.25, -0.2) is 9.13 Å². The van der Waals surface area contributed by atoms with Gasteiger partial charge in [-0.15, -0.1) is 0 Å². The van der Waals surface area contributed by atoms with Crippen LogP contribution in [0.5, 0.6) is 0 Å². The third-order valence-electron chi connectivity index (χ3n) is 0.188. The zero-order valence-electron chi connectivity index (χ0n) is 2.94. The van der Waals surface area contributed by atoms with Crippen molar-refractivity contribution >= 4 is 65.5 Å². The van der Waals surface area contributed by atoms with Crippen LogP contribution >= 0.6 is 6.88 Å². The Kier molecular flexibility index (Phi) is 6.41. The first-order valence-electron chi connectivity index (χ1n) is 1.06. The first kappa shape index (κ1) is 12.1. The molecule has 0 unspecified atom stereocenters. The molecule has 1 N–H and O–H groups in total. The van der Waals surface area contributed by atoms with Crippen molar-refractivity contribution in [1.29, 1.82) is 0 Å². The summed E-state index contributed by atoms with van der Waals surface area (Å²) < 4.78 is 44.5. The van der Waals surface area contributed by atoms with Gasteiger partial charge in [0.2, 0.25) is 0 Å². The molecule has 0 heterocycles. The average molecular weight is 283 g/mol. The van der Waals surface area contributed by atoms with Crippen LogP contribution in [0.3, 0.4) is 0 Å². The molecule has 0 atom stereocenters. The van der Waals surface area contributed by atoms with Crippen molar-refractivity contribution in [3.05, 3.63) is 0 Å². The van der Waals surface area contributed by atoms with Crippen LogP contribution in [0.25, 0.3) is 0 Å². The molecule has 46 valence electrons. The van der Waals surface area contributed by atoms with Crippen molar-refractivity contribution in [3.8, 4) is 0 Å². The Morgan fingerprint density at radius 2 is 1.38 bits per heavy atom. The molecule has 0 saturated heterocycles. The van der Waals surface area contributed by atoms with Crippen LogP contribution in [0, 0.1) is 0 Å². The third-order valence-corrected chi connectivity index (χ3v) is 1.70. The van der Waals surface area contributed by atoms with E-state index in [0.717, 1.165) is 0 Å². The third kappa shape index (κ3) is 5.52. The van der Waals surface area contributed by atoms with E-state index < -0.39 is 16.6 Å². The fourth-order valence-electron chi connectivity index (χ4n) is 0. The second-order valence-electron chi connectivity index (χ2n) is 0.671. The molecule has 0 saturated carbocycles. The van der Waals surface area contributed by atoms with Gasteiger partial charge in [0, 0.05) is 0 Å². The molecular weight excluding hydrogens is 280 g/mol. The Bertz CT molecular complexity index is 201. The number of hydrogen-bond donors (Lipinski definition) is 1. The van der Waals surface area contributed by atoms with E-state index in [2.05, 4.69) is 0 Å². The van der Waals surface area contributed by atoms with Crippen LogP contribution < -0.4 is 0 Å². The molecule has 0 bridgehead atoms. The van der Waals surface area contributed by atoms with Crippen LogP contribution in [0.1, 0.15) is 0 Å². The summed E-state index contributed by atoms with van der Waals surface area (Å²) in [7, 11) is -4.79. The van der Waals surface area contributed by atoms with Crippen molar-refractivity contribution in [2.24, 2.45) is 0 Å². The summed E-state index contributed by atoms with van der Waals surface area (Å²) in [6.07, 6.45) is 0. The average Bonchev–Trinajstić information content (AvgIpc) is 1.31. The summed E-state index contributed by atoms with van der Waals surface area (Å²) in [4.78, 5) is 0. The predicted molar refractivity (Wildman–Crippen MR) is 28.4 cm³/mol. The molecule has 0 aliphatic heterocycles. The van der Waals surface area contributed by atoms with E-state index in [9.17, 15) is 17.5 Å². The normalized spacial score (nSPS) is 9.62. The Hall–Kier alpha value is 1.38.